The molecule has 150 valence electrons. The van der Waals surface area contributed by atoms with Crippen LogP contribution >= 0.6 is 23.4 Å². The van der Waals surface area contributed by atoms with Gasteiger partial charge in [-0.05, 0) is 49.2 Å². The lowest BCUT2D eigenvalue weighted by molar-refractivity contribution is -0.134. The Labute approximate surface area is 173 Å². The highest BCUT2D eigenvalue weighted by molar-refractivity contribution is 8.00. The van der Waals surface area contributed by atoms with Gasteiger partial charge in [0, 0.05) is 22.1 Å². The van der Waals surface area contributed by atoms with Gasteiger partial charge in [-0.3, -0.25) is 10.0 Å². The Balaban J connectivity index is 1.96. The Morgan fingerprint density at radius 3 is 2.50 bits per heavy atom. The van der Waals surface area contributed by atoms with Crippen molar-refractivity contribution in [1.29, 1.82) is 0 Å². The van der Waals surface area contributed by atoms with Crippen molar-refractivity contribution in [2.75, 3.05) is 12.3 Å². The number of carbonyl (C=O) groups excluding carboxylic acids is 1. The molecule has 1 aliphatic heterocycles. The van der Waals surface area contributed by atoms with Gasteiger partial charge in [-0.1, -0.05) is 35.9 Å². The molecule has 9 heteroatoms. The first-order valence-electron chi connectivity index (χ1n) is 8.62. The Hall–Kier alpha value is -1.58. The van der Waals surface area contributed by atoms with Crippen LogP contribution < -0.4 is 5.48 Å². The molecule has 0 aliphatic carbocycles. The SMILES string of the molecule is CC1(C)SCCN(S(=O)(=O)c2ccc(-c3cccc(Cl)c3)cc2)[C@H]1C(=O)NO. The lowest BCUT2D eigenvalue weighted by Gasteiger charge is -2.43. The van der Waals surface area contributed by atoms with Crippen LogP contribution in [-0.4, -0.2) is 46.9 Å². The molecule has 0 bridgehead atoms. The first-order valence-corrected chi connectivity index (χ1v) is 11.4. The van der Waals surface area contributed by atoms with Crippen molar-refractivity contribution in [3.63, 3.8) is 0 Å². The van der Waals surface area contributed by atoms with Crippen molar-refractivity contribution in [3.05, 3.63) is 53.6 Å². The van der Waals surface area contributed by atoms with E-state index >= 15 is 0 Å². The fraction of sp³-hybridized carbons (Fsp3) is 0.316. The smallest absolute Gasteiger partial charge is 0.263 e. The second-order valence-electron chi connectivity index (χ2n) is 6.98. The number of hydrogen-bond donors (Lipinski definition) is 2. The predicted octanol–water partition coefficient (Wildman–Crippen LogP) is 3.40. The van der Waals surface area contributed by atoms with Crippen LogP contribution in [0.15, 0.2) is 53.4 Å². The van der Waals surface area contributed by atoms with Crippen molar-refractivity contribution < 1.29 is 18.4 Å². The van der Waals surface area contributed by atoms with Crippen LogP contribution in [0.5, 0.6) is 0 Å². The minimum atomic E-state index is -3.92. The maximum atomic E-state index is 13.2. The second-order valence-corrected chi connectivity index (χ2v) is 11.1. The van der Waals surface area contributed by atoms with Crippen molar-refractivity contribution in [3.8, 4) is 11.1 Å². The predicted molar refractivity (Wildman–Crippen MR) is 111 cm³/mol. The molecule has 1 saturated heterocycles. The van der Waals surface area contributed by atoms with Gasteiger partial charge in [-0.2, -0.15) is 16.1 Å². The van der Waals surface area contributed by atoms with Crippen molar-refractivity contribution in [2.24, 2.45) is 0 Å². The van der Waals surface area contributed by atoms with Crippen molar-refractivity contribution in [2.45, 2.75) is 29.5 Å². The normalized spacial score (nSPS) is 19.9. The van der Waals surface area contributed by atoms with E-state index in [0.29, 0.717) is 10.8 Å². The zero-order valence-corrected chi connectivity index (χ0v) is 17.8. The minimum Gasteiger partial charge on any atom is -0.289 e. The third-order valence-corrected chi connectivity index (χ3v) is 8.18. The highest BCUT2D eigenvalue weighted by atomic mass is 35.5. The third-order valence-electron chi connectivity index (χ3n) is 4.71. The third kappa shape index (κ3) is 4.06. The largest absolute Gasteiger partial charge is 0.289 e. The number of amides is 1. The van der Waals surface area contributed by atoms with E-state index in [0.717, 1.165) is 11.1 Å². The average molecular weight is 441 g/mol. The summed E-state index contributed by atoms with van der Waals surface area (Å²) >= 11 is 7.52. The van der Waals surface area contributed by atoms with E-state index in [4.69, 9.17) is 16.8 Å². The molecule has 28 heavy (non-hydrogen) atoms. The summed E-state index contributed by atoms with van der Waals surface area (Å²) in [6.45, 7) is 3.77. The summed E-state index contributed by atoms with van der Waals surface area (Å²) in [5.41, 5.74) is 3.32. The minimum absolute atomic E-state index is 0.0942. The number of rotatable bonds is 4. The molecule has 0 aromatic heterocycles. The number of halogens is 1. The van der Waals surface area contributed by atoms with E-state index in [9.17, 15) is 13.2 Å². The number of hydroxylamine groups is 1. The molecular formula is C19H21ClN2O4S2. The average Bonchev–Trinajstić information content (AvgIpc) is 2.66. The molecule has 1 atom stereocenters. The summed E-state index contributed by atoms with van der Waals surface area (Å²) in [5.74, 6) is -0.182. The van der Waals surface area contributed by atoms with Crippen LogP contribution in [0.2, 0.25) is 5.02 Å². The molecule has 2 aromatic carbocycles. The van der Waals surface area contributed by atoms with Gasteiger partial charge in [0.1, 0.15) is 6.04 Å². The molecule has 0 saturated carbocycles. The fourth-order valence-electron chi connectivity index (χ4n) is 3.34. The number of sulfonamides is 1. The van der Waals surface area contributed by atoms with Crippen molar-refractivity contribution in [1.82, 2.24) is 9.79 Å². The molecule has 1 amide bonds. The molecule has 3 rings (SSSR count). The zero-order chi connectivity index (χ0) is 20.5. The number of benzene rings is 2. The highest BCUT2D eigenvalue weighted by Gasteiger charge is 2.48. The number of nitrogens with zero attached hydrogens (tertiary/aromatic N) is 1. The van der Waals surface area contributed by atoms with Gasteiger partial charge in [0.2, 0.25) is 10.0 Å². The standard InChI is InChI=1S/C19H21ClN2O4S2/c1-19(2)17(18(23)21-24)22(10-11-27-19)28(25,26)16-8-6-13(7-9-16)14-4-3-5-15(20)12-14/h3-9,12,17,24H,10-11H2,1-2H3,(H,21,23)/t17-/m0/s1. The number of hydrogen-bond acceptors (Lipinski definition) is 5. The van der Waals surface area contributed by atoms with Crippen LogP contribution in [0.4, 0.5) is 0 Å². The summed E-state index contributed by atoms with van der Waals surface area (Å²) in [4.78, 5) is 12.3. The topological polar surface area (TPSA) is 86.7 Å². The van der Waals surface area contributed by atoms with Gasteiger partial charge in [0.25, 0.3) is 5.91 Å². The Morgan fingerprint density at radius 2 is 1.89 bits per heavy atom. The van der Waals surface area contributed by atoms with Gasteiger partial charge in [-0.25, -0.2) is 13.9 Å². The van der Waals surface area contributed by atoms with E-state index in [-0.39, 0.29) is 11.4 Å². The Morgan fingerprint density at radius 1 is 1.21 bits per heavy atom. The van der Waals surface area contributed by atoms with E-state index in [1.807, 2.05) is 12.1 Å². The molecule has 0 radical (unpaired) electrons. The quantitative estimate of drug-likeness (QED) is 0.562. The first-order chi connectivity index (χ1) is 13.2. The number of nitrogens with one attached hydrogen (secondary N) is 1. The van der Waals surface area contributed by atoms with Gasteiger partial charge in [0.15, 0.2) is 0 Å². The van der Waals surface area contributed by atoms with E-state index in [1.165, 1.54) is 28.2 Å². The number of carbonyl (C=O) groups is 1. The summed E-state index contributed by atoms with van der Waals surface area (Å²) < 4.78 is 27.0. The van der Waals surface area contributed by atoms with Crippen LogP contribution in [0.25, 0.3) is 11.1 Å². The van der Waals surface area contributed by atoms with Gasteiger partial charge in [0.05, 0.1) is 4.90 Å². The molecule has 6 nitrogen and oxygen atoms in total. The van der Waals surface area contributed by atoms with Crippen LogP contribution in [0.3, 0.4) is 0 Å². The maximum Gasteiger partial charge on any atom is 0.263 e. The molecule has 2 aromatic rings. The van der Waals surface area contributed by atoms with E-state index < -0.39 is 26.7 Å². The van der Waals surface area contributed by atoms with E-state index in [1.54, 1.807) is 43.6 Å². The first kappa shape index (κ1) is 21.1. The van der Waals surface area contributed by atoms with Gasteiger partial charge in [-0.15, -0.1) is 0 Å². The summed E-state index contributed by atoms with van der Waals surface area (Å²) in [6.07, 6.45) is 0. The Kier molecular flexibility index (Phi) is 6.07. The molecule has 2 N–H and O–H groups in total. The van der Waals surface area contributed by atoms with Crippen LogP contribution in [0, 0.1) is 0 Å². The lowest BCUT2D eigenvalue weighted by Crippen LogP contribution is -2.61. The molecule has 1 fully saturated rings. The Bertz CT molecular complexity index is 978. The van der Waals surface area contributed by atoms with Crippen LogP contribution in [-0.2, 0) is 14.8 Å². The van der Waals surface area contributed by atoms with E-state index in [2.05, 4.69) is 0 Å². The monoisotopic (exact) mass is 440 g/mol. The maximum absolute atomic E-state index is 13.2. The zero-order valence-electron chi connectivity index (χ0n) is 15.4. The summed E-state index contributed by atoms with van der Waals surface area (Å²) in [7, 11) is -3.92. The highest BCUT2D eigenvalue weighted by Crippen LogP contribution is 2.38. The summed E-state index contributed by atoms with van der Waals surface area (Å²) in [6, 6.07) is 12.7. The molecule has 0 unspecified atom stereocenters. The molecule has 1 heterocycles. The van der Waals surface area contributed by atoms with Gasteiger partial charge < -0.3 is 0 Å². The molecule has 0 spiro atoms. The lowest BCUT2D eigenvalue weighted by atomic mass is 10.0. The van der Waals surface area contributed by atoms with Gasteiger partial charge >= 0.3 is 0 Å². The molecular weight excluding hydrogens is 420 g/mol. The molecule has 1 aliphatic rings. The van der Waals surface area contributed by atoms with Crippen molar-refractivity contribution >= 4 is 39.3 Å². The fourth-order valence-corrected chi connectivity index (χ4v) is 6.64. The van der Waals surface area contributed by atoms with Crippen LogP contribution in [0.1, 0.15) is 13.8 Å². The summed E-state index contributed by atoms with van der Waals surface area (Å²) in [5, 5.41) is 9.71. The second kappa shape index (κ2) is 8.04. The number of thioether (sulfide) groups is 1.